The summed E-state index contributed by atoms with van der Waals surface area (Å²) in [6.45, 7) is 3.39. The lowest BCUT2D eigenvalue weighted by molar-refractivity contribution is -0.120. The molecule has 0 aliphatic carbocycles. The van der Waals surface area contributed by atoms with Gasteiger partial charge in [0.15, 0.2) is 11.5 Å². The average Bonchev–Trinajstić information content (AvgIpc) is 2.74. The van der Waals surface area contributed by atoms with E-state index in [1.54, 1.807) is 42.5 Å². The first-order valence-corrected chi connectivity index (χ1v) is 8.74. The Morgan fingerprint density at radius 1 is 1.17 bits per heavy atom. The van der Waals surface area contributed by atoms with Crippen LogP contribution in [-0.4, -0.2) is 43.9 Å². The number of carbonyl (C=O) groups excluding carboxylic acids is 2. The number of ether oxygens (including phenoxy) is 2. The highest BCUT2D eigenvalue weighted by molar-refractivity contribution is 5.98. The number of carbonyl (C=O) groups is 2. The molecule has 0 aliphatic heterocycles. The predicted molar refractivity (Wildman–Crippen MR) is 110 cm³/mol. The molecule has 0 radical (unpaired) electrons. The number of hydrogen-bond acceptors (Lipinski definition) is 6. The molecule has 29 heavy (non-hydrogen) atoms. The van der Waals surface area contributed by atoms with Crippen molar-refractivity contribution in [1.29, 1.82) is 0 Å². The molecule has 0 spiro atoms. The number of methoxy groups -OCH3 is 2. The highest BCUT2D eigenvalue weighted by Gasteiger charge is 2.12. The van der Waals surface area contributed by atoms with Gasteiger partial charge in [0.1, 0.15) is 5.75 Å². The summed E-state index contributed by atoms with van der Waals surface area (Å²) in [6.07, 6.45) is 3.52. The van der Waals surface area contributed by atoms with Gasteiger partial charge in [0.05, 0.1) is 32.5 Å². The summed E-state index contributed by atoms with van der Waals surface area (Å²) in [6, 6.07) is 10.00. The van der Waals surface area contributed by atoms with Gasteiger partial charge in [-0.15, -0.1) is 6.58 Å². The number of rotatable bonds is 9. The Morgan fingerprint density at radius 2 is 1.90 bits per heavy atom. The van der Waals surface area contributed by atoms with Gasteiger partial charge in [0, 0.05) is 5.56 Å². The van der Waals surface area contributed by atoms with Crippen molar-refractivity contribution in [3.05, 3.63) is 65.7 Å². The van der Waals surface area contributed by atoms with Gasteiger partial charge < -0.3 is 19.9 Å². The van der Waals surface area contributed by atoms with Gasteiger partial charge in [-0.25, -0.2) is 5.43 Å². The maximum absolute atomic E-state index is 12.2. The summed E-state index contributed by atoms with van der Waals surface area (Å²) in [5, 5.41) is 16.4. The van der Waals surface area contributed by atoms with Crippen LogP contribution < -0.4 is 20.2 Å². The third-order valence-corrected chi connectivity index (χ3v) is 3.92. The van der Waals surface area contributed by atoms with Gasteiger partial charge in [-0.3, -0.25) is 9.59 Å². The third kappa shape index (κ3) is 5.83. The van der Waals surface area contributed by atoms with E-state index in [-0.39, 0.29) is 12.3 Å². The molecule has 2 aromatic carbocycles. The zero-order valence-corrected chi connectivity index (χ0v) is 16.3. The fourth-order valence-corrected chi connectivity index (χ4v) is 2.54. The van der Waals surface area contributed by atoms with Gasteiger partial charge >= 0.3 is 0 Å². The Bertz CT molecular complexity index is 925. The van der Waals surface area contributed by atoms with Crippen LogP contribution in [0, 0.1) is 0 Å². The number of allylic oxidation sites excluding steroid dienone is 1. The van der Waals surface area contributed by atoms with Crippen molar-refractivity contribution in [3.8, 4) is 17.2 Å². The minimum atomic E-state index is -0.499. The molecule has 0 bridgehead atoms. The van der Waals surface area contributed by atoms with Crippen LogP contribution in [-0.2, 0) is 11.2 Å². The van der Waals surface area contributed by atoms with E-state index in [1.165, 1.54) is 20.4 Å². The summed E-state index contributed by atoms with van der Waals surface area (Å²) in [4.78, 5) is 24.1. The van der Waals surface area contributed by atoms with Gasteiger partial charge in [-0.1, -0.05) is 18.2 Å². The van der Waals surface area contributed by atoms with E-state index in [4.69, 9.17) is 9.47 Å². The van der Waals surface area contributed by atoms with Crippen molar-refractivity contribution in [2.24, 2.45) is 5.10 Å². The van der Waals surface area contributed by atoms with Crippen LogP contribution in [0.1, 0.15) is 21.5 Å². The summed E-state index contributed by atoms with van der Waals surface area (Å²) in [5.41, 5.74) is 3.90. The molecule has 3 N–H and O–H groups in total. The van der Waals surface area contributed by atoms with E-state index in [0.717, 1.165) is 0 Å². The Balaban J connectivity index is 1.95. The molecule has 0 saturated carbocycles. The number of hydrogen-bond donors (Lipinski definition) is 3. The van der Waals surface area contributed by atoms with Crippen molar-refractivity contribution in [1.82, 2.24) is 10.7 Å². The first kappa shape index (κ1) is 21.5. The van der Waals surface area contributed by atoms with Crippen molar-refractivity contribution < 1.29 is 24.2 Å². The molecule has 8 heteroatoms. The Hall–Kier alpha value is -3.81. The lowest BCUT2D eigenvalue weighted by Crippen LogP contribution is -2.35. The van der Waals surface area contributed by atoms with Crippen LogP contribution in [0.2, 0.25) is 0 Å². The Morgan fingerprint density at radius 3 is 2.59 bits per heavy atom. The van der Waals surface area contributed by atoms with Gasteiger partial charge in [-0.05, 0) is 36.2 Å². The van der Waals surface area contributed by atoms with Crippen LogP contribution in [0.3, 0.4) is 0 Å². The largest absolute Gasteiger partial charge is 0.504 e. The molecule has 0 fully saturated rings. The normalized spacial score (nSPS) is 10.4. The monoisotopic (exact) mass is 397 g/mol. The molecule has 0 aromatic heterocycles. The third-order valence-electron chi connectivity index (χ3n) is 3.92. The first-order valence-electron chi connectivity index (χ1n) is 8.74. The molecular formula is C21H23N3O5. The van der Waals surface area contributed by atoms with Crippen LogP contribution >= 0.6 is 0 Å². The molecule has 2 aromatic rings. The van der Waals surface area contributed by atoms with E-state index >= 15 is 0 Å². The number of nitrogens with zero attached hydrogens (tertiary/aromatic N) is 1. The van der Waals surface area contributed by atoms with E-state index < -0.39 is 11.8 Å². The second kappa shape index (κ2) is 10.5. The lowest BCUT2D eigenvalue weighted by Gasteiger charge is -2.09. The molecular weight excluding hydrogens is 374 g/mol. The highest BCUT2D eigenvalue weighted by atomic mass is 16.5. The molecule has 0 atom stereocenters. The topological polar surface area (TPSA) is 109 Å². The number of phenolic OH excluding ortho intramolecular Hbond substituents is 1. The van der Waals surface area contributed by atoms with E-state index in [0.29, 0.717) is 34.6 Å². The van der Waals surface area contributed by atoms with Crippen molar-refractivity contribution in [2.45, 2.75) is 6.42 Å². The maximum atomic E-state index is 12.2. The number of hydrazone groups is 1. The van der Waals surface area contributed by atoms with Crippen molar-refractivity contribution in [2.75, 3.05) is 20.8 Å². The zero-order chi connectivity index (χ0) is 21.2. The van der Waals surface area contributed by atoms with E-state index in [2.05, 4.69) is 22.4 Å². The van der Waals surface area contributed by atoms with Crippen molar-refractivity contribution in [3.63, 3.8) is 0 Å². The minimum Gasteiger partial charge on any atom is -0.504 e. The summed E-state index contributed by atoms with van der Waals surface area (Å²) >= 11 is 0. The number of benzene rings is 2. The second-order valence-corrected chi connectivity index (χ2v) is 5.90. The number of para-hydroxylation sites is 1. The average molecular weight is 397 g/mol. The van der Waals surface area contributed by atoms with Gasteiger partial charge in [0.25, 0.3) is 11.8 Å². The van der Waals surface area contributed by atoms with E-state index in [1.807, 2.05) is 0 Å². The van der Waals surface area contributed by atoms with Crippen molar-refractivity contribution >= 4 is 18.0 Å². The summed E-state index contributed by atoms with van der Waals surface area (Å²) in [5.74, 6) is -0.186. The zero-order valence-electron chi connectivity index (χ0n) is 16.3. The Kier molecular flexibility index (Phi) is 7.78. The molecule has 0 aliphatic rings. The number of aromatic hydroxyl groups is 1. The first-order chi connectivity index (χ1) is 14.0. The standard InChI is InChI=1S/C21H23N3O5/c1-4-7-15-10-14(11-18(29-3)20(15)26)12-23-24-19(25)13-22-21(27)16-8-5-6-9-17(16)28-2/h4-6,8-12,26H,1,7,13H2,2-3H3,(H,22,27)(H,24,25). The minimum absolute atomic E-state index is 0.0349. The lowest BCUT2D eigenvalue weighted by atomic mass is 10.1. The maximum Gasteiger partial charge on any atom is 0.259 e. The SMILES string of the molecule is C=CCc1cc(C=NNC(=O)CNC(=O)c2ccccc2OC)cc(OC)c1O. The predicted octanol–water partition coefficient (Wildman–Crippen LogP) is 2.02. The summed E-state index contributed by atoms with van der Waals surface area (Å²) < 4.78 is 10.3. The van der Waals surface area contributed by atoms with Crippen LogP contribution in [0.5, 0.6) is 17.2 Å². The second-order valence-electron chi connectivity index (χ2n) is 5.90. The van der Waals surface area contributed by atoms with Crippen LogP contribution in [0.15, 0.2) is 54.2 Å². The number of amides is 2. The van der Waals surface area contributed by atoms with Gasteiger partial charge in [0.2, 0.25) is 0 Å². The fraction of sp³-hybridized carbons (Fsp3) is 0.190. The van der Waals surface area contributed by atoms with E-state index in [9.17, 15) is 14.7 Å². The fourth-order valence-electron chi connectivity index (χ4n) is 2.54. The van der Waals surface area contributed by atoms with Crippen LogP contribution in [0.4, 0.5) is 0 Å². The highest BCUT2D eigenvalue weighted by Crippen LogP contribution is 2.31. The Labute approximate surface area is 168 Å². The quantitative estimate of drug-likeness (QED) is 0.341. The molecule has 2 amide bonds. The molecule has 152 valence electrons. The number of nitrogens with one attached hydrogen (secondary N) is 2. The molecule has 8 nitrogen and oxygen atoms in total. The molecule has 0 heterocycles. The smallest absolute Gasteiger partial charge is 0.259 e. The summed E-state index contributed by atoms with van der Waals surface area (Å²) in [7, 11) is 2.91. The van der Waals surface area contributed by atoms with Crippen LogP contribution in [0.25, 0.3) is 0 Å². The molecule has 2 rings (SSSR count). The number of phenols is 1. The molecule has 0 unspecified atom stereocenters. The van der Waals surface area contributed by atoms with Gasteiger partial charge in [-0.2, -0.15) is 5.10 Å². The molecule has 0 saturated heterocycles.